The summed E-state index contributed by atoms with van der Waals surface area (Å²) in [6, 6.07) is 10.1. The van der Waals surface area contributed by atoms with Crippen LogP contribution in [0.25, 0.3) is 0 Å². The third-order valence-corrected chi connectivity index (χ3v) is 8.63. The molecule has 1 amide bonds. The molecular formula is C28H30N2O3S. The van der Waals surface area contributed by atoms with Gasteiger partial charge in [0.2, 0.25) is 5.91 Å². The first kappa shape index (κ1) is 22.9. The lowest BCUT2D eigenvalue weighted by Crippen LogP contribution is -2.43. The number of benzene rings is 1. The number of rotatable bonds is 3. The number of fused-ring (bicyclic) bond motifs is 1. The highest BCUT2D eigenvalue weighted by atomic mass is 32.1. The molecule has 1 aliphatic heterocycles. The van der Waals surface area contributed by atoms with Crippen molar-refractivity contribution in [3.05, 3.63) is 57.1 Å². The maximum absolute atomic E-state index is 13.8. The van der Waals surface area contributed by atoms with Crippen molar-refractivity contribution < 1.29 is 14.3 Å². The Hall–Kier alpha value is -2.91. The maximum atomic E-state index is 13.8. The van der Waals surface area contributed by atoms with E-state index in [2.05, 4.69) is 19.9 Å². The summed E-state index contributed by atoms with van der Waals surface area (Å²) in [7, 11) is 1.62. The number of carbonyl (C=O) groups excluding carboxylic acids is 2. The van der Waals surface area contributed by atoms with E-state index >= 15 is 0 Å². The zero-order valence-corrected chi connectivity index (χ0v) is 20.9. The van der Waals surface area contributed by atoms with Crippen LogP contribution in [0.4, 0.5) is 5.00 Å². The van der Waals surface area contributed by atoms with Gasteiger partial charge in [-0.3, -0.25) is 14.5 Å². The van der Waals surface area contributed by atoms with Crippen molar-refractivity contribution in [3.63, 3.8) is 0 Å². The fourth-order valence-corrected chi connectivity index (χ4v) is 7.18. The number of thiophene rings is 1. The molecular weight excluding hydrogens is 444 g/mol. The molecule has 34 heavy (non-hydrogen) atoms. The van der Waals surface area contributed by atoms with Crippen molar-refractivity contribution in [2.75, 3.05) is 12.0 Å². The molecule has 2 heterocycles. The third kappa shape index (κ3) is 3.86. The first-order chi connectivity index (χ1) is 16.3. The molecule has 2 aliphatic carbocycles. The molecule has 0 spiro atoms. The van der Waals surface area contributed by atoms with Gasteiger partial charge < -0.3 is 4.74 Å². The van der Waals surface area contributed by atoms with Gasteiger partial charge in [-0.15, -0.1) is 11.3 Å². The molecule has 6 heteroatoms. The normalized spacial score (nSPS) is 22.1. The summed E-state index contributed by atoms with van der Waals surface area (Å²) in [6.07, 6.45) is 6.51. The number of nitrogens with zero attached hydrogens (tertiary/aromatic N) is 2. The van der Waals surface area contributed by atoms with Gasteiger partial charge in [-0.05, 0) is 60.8 Å². The third-order valence-electron chi connectivity index (χ3n) is 7.36. The van der Waals surface area contributed by atoms with Crippen molar-refractivity contribution in [3.8, 4) is 11.8 Å². The van der Waals surface area contributed by atoms with Crippen LogP contribution in [0.2, 0.25) is 0 Å². The highest BCUT2D eigenvalue weighted by molar-refractivity contribution is 7.16. The van der Waals surface area contributed by atoms with E-state index < -0.39 is 0 Å². The van der Waals surface area contributed by atoms with Gasteiger partial charge in [0.1, 0.15) is 16.8 Å². The van der Waals surface area contributed by atoms with E-state index in [1.807, 2.05) is 24.3 Å². The molecule has 1 aromatic carbocycles. The molecule has 176 valence electrons. The number of carbonyl (C=O) groups is 2. The number of hydrogen-bond acceptors (Lipinski definition) is 5. The molecule has 5 rings (SSSR count). The summed E-state index contributed by atoms with van der Waals surface area (Å²) in [5, 5.41) is 10.9. The fourth-order valence-electron chi connectivity index (χ4n) is 5.79. The topological polar surface area (TPSA) is 70.4 Å². The van der Waals surface area contributed by atoms with Crippen LogP contribution < -0.4 is 9.64 Å². The summed E-state index contributed by atoms with van der Waals surface area (Å²) in [6.45, 7) is 4.17. The van der Waals surface area contributed by atoms with Crippen LogP contribution in [-0.4, -0.2) is 18.8 Å². The lowest BCUT2D eigenvalue weighted by atomic mass is 9.69. The van der Waals surface area contributed by atoms with Crippen molar-refractivity contribution in [1.82, 2.24) is 0 Å². The number of methoxy groups -OCH3 is 1. The van der Waals surface area contributed by atoms with E-state index in [1.54, 1.807) is 23.3 Å². The minimum atomic E-state index is -0.291. The van der Waals surface area contributed by atoms with E-state index in [9.17, 15) is 14.9 Å². The SMILES string of the molecule is COc1cccc(C2CC(=O)N(c3sc4c(c3C#N)CCCCC4)C3=C2C(=O)CC(C)(C)C3)c1. The Bertz CT molecular complexity index is 1250. The highest BCUT2D eigenvalue weighted by Crippen LogP contribution is 2.51. The average molecular weight is 475 g/mol. The molecule has 1 unspecified atom stereocenters. The van der Waals surface area contributed by atoms with Crippen LogP contribution in [-0.2, 0) is 22.4 Å². The molecule has 0 radical (unpaired) electrons. The number of allylic oxidation sites excluding steroid dienone is 2. The minimum absolute atomic E-state index is 0.0371. The molecule has 1 aromatic heterocycles. The number of anilines is 1. The molecule has 0 N–H and O–H groups in total. The van der Waals surface area contributed by atoms with Gasteiger partial charge in [-0.25, -0.2) is 0 Å². The standard InChI is InChI=1S/C28H30N2O3S/c1-28(2)14-22-26(23(31)15-28)20(17-8-7-9-18(12-17)33-3)13-25(32)30(22)27-21(16-29)19-10-5-4-6-11-24(19)34-27/h7-9,12,20H,4-6,10-11,13-15H2,1-3H3. The van der Waals surface area contributed by atoms with Crippen LogP contribution in [0.1, 0.15) is 79.9 Å². The summed E-state index contributed by atoms with van der Waals surface area (Å²) < 4.78 is 5.42. The predicted octanol–water partition coefficient (Wildman–Crippen LogP) is 6.06. The van der Waals surface area contributed by atoms with Crippen molar-refractivity contribution in [2.45, 2.75) is 71.1 Å². The molecule has 0 fully saturated rings. The number of nitriles is 1. The Morgan fingerprint density at radius 3 is 2.71 bits per heavy atom. The van der Waals surface area contributed by atoms with Gasteiger partial charge in [0.25, 0.3) is 0 Å². The number of Topliss-reactive ketones (excluding diaryl/α,β-unsaturated/α-hetero) is 1. The largest absolute Gasteiger partial charge is 0.497 e. The zero-order chi connectivity index (χ0) is 24.0. The lowest BCUT2D eigenvalue weighted by molar-refractivity contribution is -0.120. The van der Waals surface area contributed by atoms with Crippen LogP contribution in [0, 0.1) is 16.7 Å². The minimum Gasteiger partial charge on any atom is -0.497 e. The van der Waals surface area contributed by atoms with E-state index in [1.165, 1.54) is 11.3 Å². The molecule has 0 saturated heterocycles. The monoisotopic (exact) mass is 474 g/mol. The first-order valence-electron chi connectivity index (χ1n) is 12.1. The number of aryl methyl sites for hydroxylation is 1. The van der Waals surface area contributed by atoms with Crippen LogP contribution in [0.5, 0.6) is 5.75 Å². The van der Waals surface area contributed by atoms with Gasteiger partial charge in [0.15, 0.2) is 5.78 Å². The number of amides is 1. The van der Waals surface area contributed by atoms with Crippen LogP contribution >= 0.6 is 11.3 Å². The second-order valence-corrected chi connectivity index (χ2v) is 11.5. The second kappa shape index (κ2) is 8.70. The fraction of sp³-hybridized carbons (Fsp3) is 0.464. The van der Waals surface area contributed by atoms with Crippen LogP contribution in [0.3, 0.4) is 0 Å². The van der Waals surface area contributed by atoms with Gasteiger partial charge in [0, 0.05) is 34.9 Å². The van der Waals surface area contributed by atoms with E-state index in [0.29, 0.717) is 24.2 Å². The Balaban J connectivity index is 1.69. The molecule has 2 aromatic rings. The summed E-state index contributed by atoms with van der Waals surface area (Å²) in [5.41, 5.74) is 3.96. The van der Waals surface area contributed by atoms with Crippen molar-refractivity contribution >= 4 is 28.0 Å². The van der Waals surface area contributed by atoms with E-state index in [4.69, 9.17) is 4.74 Å². The average Bonchev–Trinajstić information content (AvgIpc) is 2.97. The zero-order valence-electron chi connectivity index (χ0n) is 20.1. The van der Waals surface area contributed by atoms with Crippen molar-refractivity contribution in [1.29, 1.82) is 5.26 Å². The maximum Gasteiger partial charge on any atom is 0.232 e. The number of ketones is 1. The van der Waals surface area contributed by atoms with E-state index in [-0.39, 0.29) is 29.4 Å². The number of hydrogen-bond donors (Lipinski definition) is 0. The van der Waals surface area contributed by atoms with Gasteiger partial charge in [-0.1, -0.05) is 32.4 Å². The summed E-state index contributed by atoms with van der Waals surface area (Å²) in [4.78, 5) is 30.4. The Labute approximate surface area is 205 Å². The Morgan fingerprint density at radius 2 is 1.94 bits per heavy atom. The van der Waals surface area contributed by atoms with Gasteiger partial charge in [0.05, 0.1) is 12.7 Å². The summed E-state index contributed by atoms with van der Waals surface area (Å²) in [5.74, 6) is 0.492. The first-order valence-corrected chi connectivity index (χ1v) is 12.9. The Kier molecular flexibility index (Phi) is 5.85. The predicted molar refractivity (Wildman–Crippen MR) is 133 cm³/mol. The molecule has 3 aliphatic rings. The van der Waals surface area contributed by atoms with Crippen LogP contribution in [0.15, 0.2) is 35.5 Å². The molecule has 5 nitrogen and oxygen atoms in total. The molecule has 0 bridgehead atoms. The second-order valence-electron chi connectivity index (χ2n) is 10.4. The van der Waals surface area contributed by atoms with Crippen molar-refractivity contribution in [2.24, 2.45) is 5.41 Å². The molecule has 0 saturated carbocycles. The van der Waals surface area contributed by atoms with E-state index in [0.717, 1.165) is 53.1 Å². The quantitative estimate of drug-likeness (QED) is 0.507. The highest BCUT2D eigenvalue weighted by Gasteiger charge is 2.45. The Morgan fingerprint density at radius 1 is 1.15 bits per heavy atom. The van der Waals surface area contributed by atoms with Gasteiger partial charge in [-0.2, -0.15) is 5.26 Å². The molecule has 1 atom stereocenters. The van der Waals surface area contributed by atoms with Gasteiger partial charge >= 0.3 is 0 Å². The smallest absolute Gasteiger partial charge is 0.232 e. The summed E-state index contributed by atoms with van der Waals surface area (Å²) >= 11 is 1.59. The lowest BCUT2D eigenvalue weighted by Gasteiger charge is -2.42. The number of ether oxygens (including phenoxy) is 1.